The number of aromatic nitrogens is 2. The van der Waals surface area contributed by atoms with Crippen molar-refractivity contribution in [2.75, 3.05) is 12.4 Å². The minimum absolute atomic E-state index is 0.241. The maximum atomic E-state index is 12.6. The number of nitrogens with one attached hydrogen (secondary N) is 1. The monoisotopic (exact) mass is 368 g/mol. The Morgan fingerprint density at radius 1 is 1.15 bits per heavy atom. The molecule has 6 nitrogen and oxygen atoms in total. The quantitative estimate of drug-likeness (QED) is 0.296. The van der Waals surface area contributed by atoms with E-state index in [1.165, 1.54) is 4.68 Å². The van der Waals surface area contributed by atoms with Gasteiger partial charge in [-0.1, -0.05) is 24.3 Å². The molecule has 0 fully saturated rings. The fraction of sp³-hybridized carbons (Fsp3) is 0.158. The van der Waals surface area contributed by atoms with Crippen LogP contribution < -0.4 is 5.56 Å². The lowest BCUT2D eigenvalue weighted by molar-refractivity contribution is -0.425. The van der Waals surface area contributed by atoms with Gasteiger partial charge in [-0.3, -0.25) is 9.89 Å². The molecule has 0 aliphatic rings. The van der Waals surface area contributed by atoms with Crippen molar-refractivity contribution in [2.45, 2.75) is 6.92 Å². The number of aromatic amines is 1. The normalized spacial score (nSPS) is 11.2. The SMILES string of the molecule is C=[N+](CCCl)c1cccc(N=Nc2c(C)[nH]n(-c3ccccc3)c2=O)c1. The fourth-order valence-electron chi connectivity index (χ4n) is 2.51. The molecule has 1 heterocycles. The maximum Gasteiger partial charge on any atom is 0.299 e. The number of H-pyrrole nitrogens is 1. The van der Waals surface area contributed by atoms with Crippen LogP contribution in [0.4, 0.5) is 17.1 Å². The lowest BCUT2D eigenvalue weighted by Gasteiger charge is -1.99. The average Bonchev–Trinajstić information content (AvgIpc) is 2.95. The van der Waals surface area contributed by atoms with Gasteiger partial charge in [0.1, 0.15) is 6.72 Å². The standard InChI is InChI=1S/C19H18ClN5O/c1-14-18(19(26)25(23-14)16-8-4-3-5-9-16)22-21-15-7-6-10-17(13-15)24(2)12-11-20/h3-10,13H,2,11-12H2,1H3/p+1. The van der Waals surface area contributed by atoms with Gasteiger partial charge < -0.3 is 0 Å². The van der Waals surface area contributed by atoms with E-state index in [-0.39, 0.29) is 11.2 Å². The molecule has 1 N–H and O–H groups in total. The Labute approximate surface area is 156 Å². The first-order chi connectivity index (χ1) is 12.6. The van der Waals surface area contributed by atoms with Gasteiger partial charge in [-0.2, -0.15) is 5.11 Å². The second kappa shape index (κ2) is 7.93. The van der Waals surface area contributed by atoms with E-state index in [9.17, 15) is 4.79 Å². The van der Waals surface area contributed by atoms with Crippen molar-refractivity contribution < 1.29 is 4.58 Å². The number of aryl methyl sites for hydroxylation is 1. The summed E-state index contributed by atoms with van der Waals surface area (Å²) < 4.78 is 3.24. The van der Waals surface area contributed by atoms with Gasteiger partial charge in [0.25, 0.3) is 5.56 Å². The molecule has 7 heteroatoms. The Balaban J connectivity index is 1.90. The number of para-hydroxylation sites is 1. The molecule has 0 saturated heterocycles. The van der Waals surface area contributed by atoms with Crippen LogP contribution in [0.3, 0.4) is 0 Å². The third-order valence-electron chi connectivity index (χ3n) is 3.87. The zero-order valence-corrected chi connectivity index (χ0v) is 15.1. The maximum absolute atomic E-state index is 12.6. The number of azo groups is 1. The van der Waals surface area contributed by atoms with Crippen molar-refractivity contribution in [3.05, 3.63) is 70.6 Å². The Hall–Kier alpha value is -2.99. The summed E-state index contributed by atoms with van der Waals surface area (Å²) in [7, 11) is 0. The van der Waals surface area contributed by atoms with Gasteiger partial charge in [0.2, 0.25) is 5.69 Å². The van der Waals surface area contributed by atoms with E-state index < -0.39 is 0 Å². The highest BCUT2D eigenvalue weighted by Crippen LogP contribution is 2.23. The molecular formula is C19H19ClN5O+. The van der Waals surface area contributed by atoms with Gasteiger partial charge in [-0.25, -0.2) is 9.26 Å². The predicted octanol–water partition coefficient (Wildman–Crippen LogP) is 4.47. The molecule has 0 atom stereocenters. The minimum Gasteiger partial charge on any atom is -0.293 e. The van der Waals surface area contributed by atoms with Crippen molar-refractivity contribution in [2.24, 2.45) is 10.2 Å². The molecule has 0 spiro atoms. The predicted molar refractivity (Wildman–Crippen MR) is 104 cm³/mol. The lowest BCUT2D eigenvalue weighted by atomic mass is 10.3. The number of benzene rings is 2. The minimum atomic E-state index is -0.241. The summed E-state index contributed by atoms with van der Waals surface area (Å²) >= 11 is 5.75. The Morgan fingerprint density at radius 2 is 1.92 bits per heavy atom. The highest BCUT2D eigenvalue weighted by atomic mass is 35.5. The van der Waals surface area contributed by atoms with Crippen LogP contribution in [0.2, 0.25) is 0 Å². The Morgan fingerprint density at radius 3 is 2.65 bits per heavy atom. The van der Waals surface area contributed by atoms with Crippen LogP contribution in [-0.2, 0) is 0 Å². The zero-order valence-electron chi connectivity index (χ0n) is 14.4. The number of alkyl halides is 1. The van der Waals surface area contributed by atoms with Crippen molar-refractivity contribution >= 4 is 35.4 Å². The molecule has 0 radical (unpaired) electrons. The van der Waals surface area contributed by atoms with E-state index in [1.807, 2.05) is 54.6 Å². The first-order valence-corrected chi connectivity index (χ1v) is 8.66. The highest BCUT2D eigenvalue weighted by molar-refractivity contribution is 6.17. The lowest BCUT2D eigenvalue weighted by Crippen LogP contribution is -2.13. The van der Waals surface area contributed by atoms with Gasteiger partial charge in [0, 0.05) is 12.1 Å². The third kappa shape index (κ3) is 3.81. The Kier molecular flexibility index (Phi) is 5.43. The van der Waals surface area contributed by atoms with Crippen LogP contribution in [0.5, 0.6) is 0 Å². The van der Waals surface area contributed by atoms with Crippen LogP contribution in [0, 0.1) is 6.92 Å². The van der Waals surface area contributed by atoms with E-state index in [4.69, 9.17) is 11.6 Å². The number of rotatable bonds is 6. The average molecular weight is 369 g/mol. The Bertz CT molecular complexity index is 1000. The second-order valence-corrected chi connectivity index (χ2v) is 6.11. The van der Waals surface area contributed by atoms with Crippen molar-refractivity contribution in [1.29, 1.82) is 0 Å². The van der Waals surface area contributed by atoms with Crippen LogP contribution in [0.1, 0.15) is 5.69 Å². The molecular weight excluding hydrogens is 350 g/mol. The molecule has 1 aromatic heterocycles. The van der Waals surface area contributed by atoms with Gasteiger partial charge in [0.15, 0.2) is 12.2 Å². The molecule has 3 aromatic rings. The summed E-state index contributed by atoms with van der Waals surface area (Å²) in [6.45, 7) is 6.36. The topological polar surface area (TPSA) is 65.5 Å². The zero-order chi connectivity index (χ0) is 18.5. The summed E-state index contributed by atoms with van der Waals surface area (Å²) in [6, 6.07) is 16.8. The molecule has 0 aliphatic heterocycles. The molecule has 0 amide bonds. The number of hydrogen-bond donors (Lipinski definition) is 1. The van der Waals surface area contributed by atoms with Gasteiger partial charge in [0.05, 0.1) is 22.9 Å². The fourth-order valence-corrected chi connectivity index (χ4v) is 2.71. The largest absolute Gasteiger partial charge is 0.299 e. The highest BCUT2D eigenvalue weighted by Gasteiger charge is 2.12. The number of hydrogen-bond acceptors (Lipinski definition) is 3. The summed E-state index contributed by atoms with van der Waals surface area (Å²) in [5, 5.41) is 11.4. The van der Waals surface area contributed by atoms with E-state index in [0.717, 1.165) is 11.4 Å². The summed E-state index contributed by atoms with van der Waals surface area (Å²) in [5.41, 5.74) is 2.96. The van der Waals surface area contributed by atoms with Crippen LogP contribution in [0.25, 0.3) is 5.69 Å². The summed E-state index contributed by atoms with van der Waals surface area (Å²) in [5.74, 6) is 0.483. The summed E-state index contributed by atoms with van der Waals surface area (Å²) in [4.78, 5) is 12.6. The van der Waals surface area contributed by atoms with E-state index in [2.05, 4.69) is 22.0 Å². The van der Waals surface area contributed by atoms with Gasteiger partial charge in [-0.05, 0) is 25.1 Å². The van der Waals surface area contributed by atoms with E-state index in [1.54, 1.807) is 11.5 Å². The molecule has 2 aromatic carbocycles. The molecule has 0 aliphatic carbocycles. The van der Waals surface area contributed by atoms with Gasteiger partial charge in [-0.15, -0.1) is 16.7 Å². The molecule has 132 valence electrons. The third-order valence-corrected chi connectivity index (χ3v) is 4.04. The van der Waals surface area contributed by atoms with Gasteiger partial charge >= 0.3 is 0 Å². The molecule has 0 bridgehead atoms. The van der Waals surface area contributed by atoms with E-state index in [0.29, 0.717) is 23.8 Å². The second-order valence-electron chi connectivity index (χ2n) is 5.73. The van der Waals surface area contributed by atoms with Crippen molar-refractivity contribution in [3.63, 3.8) is 0 Å². The van der Waals surface area contributed by atoms with E-state index >= 15 is 0 Å². The van der Waals surface area contributed by atoms with Crippen LogP contribution >= 0.6 is 11.6 Å². The van der Waals surface area contributed by atoms with Crippen molar-refractivity contribution in [3.8, 4) is 5.69 Å². The first kappa shape index (κ1) is 17.8. The molecule has 0 unspecified atom stereocenters. The van der Waals surface area contributed by atoms with Crippen LogP contribution in [0.15, 0.2) is 69.6 Å². The van der Waals surface area contributed by atoms with Crippen molar-refractivity contribution in [1.82, 2.24) is 9.78 Å². The molecule has 0 saturated carbocycles. The smallest absolute Gasteiger partial charge is 0.293 e. The molecule has 3 rings (SSSR count). The molecule has 26 heavy (non-hydrogen) atoms. The summed E-state index contributed by atoms with van der Waals surface area (Å²) in [6.07, 6.45) is 0. The van der Waals surface area contributed by atoms with Crippen LogP contribution in [-0.4, -0.2) is 33.5 Å². The number of halogens is 1. The number of nitrogens with zero attached hydrogens (tertiary/aromatic N) is 4. The first-order valence-electron chi connectivity index (χ1n) is 8.13.